The third kappa shape index (κ3) is 3.51. The van der Waals surface area contributed by atoms with Gasteiger partial charge in [-0.25, -0.2) is 0 Å². The molecule has 1 fully saturated rings. The van der Waals surface area contributed by atoms with Crippen LogP contribution < -0.4 is 4.74 Å². The van der Waals surface area contributed by atoms with Gasteiger partial charge >= 0.3 is 0 Å². The molecule has 2 nitrogen and oxygen atoms in total. The fourth-order valence-electron chi connectivity index (χ4n) is 2.06. The third-order valence-electron chi connectivity index (χ3n) is 2.59. The standard InChI is InChI=1S/C13H15NO.C2H6/c1-4-11-5-7-12(8-6-11)15-13(2)9-14(3)10-13;1-2/h1,5-8H,9-10H2,2-3H3;1-2H3. The molecule has 1 aromatic carbocycles. The average Bonchev–Trinajstić information content (AvgIpc) is 2.31. The van der Waals surface area contributed by atoms with E-state index in [-0.39, 0.29) is 5.60 Å². The fourth-order valence-corrected chi connectivity index (χ4v) is 2.06. The van der Waals surface area contributed by atoms with E-state index in [2.05, 4.69) is 24.8 Å². The average molecular weight is 231 g/mol. The molecule has 92 valence electrons. The summed E-state index contributed by atoms with van der Waals surface area (Å²) in [5.74, 6) is 3.48. The highest BCUT2D eigenvalue weighted by molar-refractivity contribution is 5.37. The molecule has 0 atom stereocenters. The molecular formula is C15H21NO. The van der Waals surface area contributed by atoms with Crippen LogP contribution in [0.25, 0.3) is 0 Å². The summed E-state index contributed by atoms with van der Waals surface area (Å²) < 4.78 is 5.90. The van der Waals surface area contributed by atoms with Crippen molar-refractivity contribution in [1.29, 1.82) is 0 Å². The molecule has 1 saturated heterocycles. The number of terminal acetylenes is 1. The van der Waals surface area contributed by atoms with Crippen molar-refractivity contribution in [3.63, 3.8) is 0 Å². The van der Waals surface area contributed by atoms with E-state index in [4.69, 9.17) is 11.2 Å². The van der Waals surface area contributed by atoms with Crippen molar-refractivity contribution in [2.45, 2.75) is 26.4 Å². The summed E-state index contributed by atoms with van der Waals surface area (Å²) in [6.07, 6.45) is 5.29. The molecule has 0 unspecified atom stereocenters. The number of likely N-dealkylation sites (N-methyl/N-ethyl adjacent to an activating group) is 1. The highest BCUT2D eigenvalue weighted by Gasteiger charge is 2.38. The molecule has 0 aliphatic carbocycles. The van der Waals surface area contributed by atoms with Crippen LogP contribution in [0.15, 0.2) is 24.3 Å². The Balaban J connectivity index is 0.000000686. The molecule has 0 amide bonds. The lowest BCUT2D eigenvalue weighted by Crippen LogP contribution is -2.61. The molecule has 0 spiro atoms. The number of hydrogen-bond acceptors (Lipinski definition) is 2. The van der Waals surface area contributed by atoms with Crippen molar-refractivity contribution >= 4 is 0 Å². The highest BCUT2D eigenvalue weighted by Crippen LogP contribution is 2.26. The fraction of sp³-hybridized carbons (Fsp3) is 0.467. The summed E-state index contributed by atoms with van der Waals surface area (Å²) >= 11 is 0. The van der Waals surface area contributed by atoms with Crippen LogP contribution >= 0.6 is 0 Å². The van der Waals surface area contributed by atoms with Crippen molar-refractivity contribution in [2.24, 2.45) is 0 Å². The number of rotatable bonds is 2. The van der Waals surface area contributed by atoms with Gasteiger partial charge in [0.15, 0.2) is 0 Å². The molecule has 1 aromatic rings. The topological polar surface area (TPSA) is 12.5 Å². The summed E-state index contributed by atoms with van der Waals surface area (Å²) in [5.41, 5.74) is 0.852. The first kappa shape index (κ1) is 13.6. The summed E-state index contributed by atoms with van der Waals surface area (Å²) in [4.78, 5) is 2.23. The van der Waals surface area contributed by atoms with Gasteiger partial charge in [-0.1, -0.05) is 19.8 Å². The van der Waals surface area contributed by atoms with Crippen molar-refractivity contribution in [3.8, 4) is 18.1 Å². The summed E-state index contributed by atoms with van der Waals surface area (Å²) in [5, 5.41) is 0. The second kappa shape index (κ2) is 5.75. The monoisotopic (exact) mass is 231 g/mol. The molecule has 0 aromatic heterocycles. The van der Waals surface area contributed by atoms with Crippen molar-refractivity contribution < 1.29 is 4.74 Å². The lowest BCUT2D eigenvalue weighted by Gasteiger charge is -2.45. The van der Waals surface area contributed by atoms with E-state index in [9.17, 15) is 0 Å². The number of hydrogen-bond donors (Lipinski definition) is 0. The molecule has 2 rings (SSSR count). The molecule has 0 N–H and O–H groups in total. The van der Waals surface area contributed by atoms with E-state index < -0.39 is 0 Å². The Kier molecular flexibility index (Phi) is 4.60. The van der Waals surface area contributed by atoms with E-state index in [0.717, 1.165) is 24.4 Å². The van der Waals surface area contributed by atoms with Crippen LogP contribution in [0.3, 0.4) is 0 Å². The van der Waals surface area contributed by atoms with Gasteiger partial charge in [-0.05, 0) is 38.2 Å². The van der Waals surface area contributed by atoms with Gasteiger partial charge in [-0.15, -0.1) is 6.42 Å². The first-order valence-corrected chi connectivity index (χ1v) is 6.06. The van der Waals surface area contributed by atoms with E-state index in [1.807, 2.05) is 38.1 Å². The quantitative estimate of drug-likeness (QED) is 0.726. The van der Waals surface area contributed by atoms with Gasteiger partial charge in [0.2, 0.25) is 0 Å². The van der Waals surface area contributed by atoms with Crippen LogP contribution in [0.1, 0.15) is 26.3 Å². The Morgan fingerprint density at radius 1 is 1.24 bits per heavy atom. The number of ether oxygens (including phenoxy) is 1. The second-order valence-corrected chi connectivity index (χ2v) is 4.39. The molecule has 1 aliphatic heterocycles. The lowest BCUT2D eigenvalue weighted by atomic mass is 9.97. The SMILES string of the molecule is C#Cc1ccc(OC2(C)CN(C)C2)cc1.CC. The van der Waals surface area contributed by atoms with E-state index in [1.54, 1.807) is 0 Å². The zero-order chi connectivity index (χ0) is 12.9. The highest BCUT2D eigenvalue weighted by atomic mass is 16.5. The Morgan fingerprint density at radius 2 is 1.76 bits per heavy atom. The van der Waals surface area contributed by atoms with Gasteiger partial charge in [0.25, 0.3) is 0 Å². The van der Waals surface area contributed by atoms with Crippen LogP contribution in [-0.4, -0.2) is 30.6 Å². The summed E-state index contributed by atoms with van der Waals surface area (Å²) in [6, 6.07) is 7.67. The first-order chi connectivity index (χ1) is 8.11. The maximum absolute atomic E-state index is 5.90. The van der Waals surface area contributed by atoms with Crippen LogP contribution in [0, 0.1) is 12.3 Å². The number of nitrogens with zero attached hydrogens (tertiary/aromatic N) is 1. The van der Waals surface area contributed by atoms with E-state index >= 15 is 0 Å². The second-order valence-electron chi connectivity index (χ2n) is 4.39. The van der Waals surface area contributed by atoms with Gasteiger partial charge < -0.3 is 4.74 Å². The van der Waals surface area contributed by atoms with Crippen LogP contribution in [0.2, 0.25) is 0 Å². The summed E-state index contributed by atoms with van der Waals surface area (Å²) in [7, 11) is 2.09. The molecule has 17 heavy (non-hydrogen) atoms. The molecular weight excluding hydrogens is 210 g/mol. The van der Waals surface area contributed by atoms with Crippen molar-refractivity contribution in [2.75, 3.05) is 20.1 Å². The Morgan fingerprint density at radius 3 is 2.18 bits per heavy atom. The maximum atomic E-state index is 5.90. The van der Waals surface area contributed by atoms with Gasteiger partial charge in [0.05, 0.1) is 0 Å². The molecule has 2 heteroatoms. The van der Waals surface area contributed by atoms with Gasteiger partial charge in [0, 0.05) is 18.7 Å². The number of likely N-dealkylation sites (tertiary alicyclic amines) is 1. The van der Waals surface area contributed by atoms with Gasteiger partial charge in [-0.2, -0.15) is 0 Å². The lowest BCUT2D eigenvalue weighted by molar-refractivity contribution is -0.0496. The predicted octanol–water partition coefficient (Wildman–Crippen LogP) is 2.78. The minimum atomic E-state index is -0.0353. The maximum Gasteiger partial charge on any atom is 0.131 e. The zero-order valence-corrected chi connectivity index (χ0v) is 11.2. The van der Waals surface area contributed by atoms with E-state index in [1.165, 1.54) is 0 Å². The largest absolute Gasteiger partial charge is 0.485 e. The Bertz CT molecular complexity index is 382. The Labute approximate surface area is 105 Å². The minimum absolute atomic E-state index is 0.0353. The zero-order valence-electron chi connectivity index (χ0n) is 11.2. The van der Waals surface area contributed by atoms with Gasteiger partial charge in [-0.3, -0.25) is 4.90 Å². The third-order valence-corrected chi connectivity index (χ3v) is 2.59. The molecule has 1 heterocycles. The van der Waals surface area contributed by atoms with Crippen LogP contribution in [-0.2, 0) is 0 Å². The normalized spacial score (nSPS) is 17.1. The van der Waals surface area contributed by atoms with Crippen molar-refractivity contribution in [1.82, 2.24) is 4.90 Å². The van der Waals surface area contributed by atoms with Crippen LogP contribution in [0.4, 0.5) is 0 Å². The van der Waals surface area contributed by atoms with Crippen molar-refractivity contribution in [3.05, 3.63) is 29.8 Å². The van der Waals surface area contributed by atoms with Crippen LogP contribution in [0.5, 0.6) is 5.75 Å². The first-order valence-electron chi connectivity index (χ1n) is 6.06. The molecule has 0 saturated carbocycles. The predicted molar refractivity (Wildman–Crippen MR) is 72.3 cm³/mol. The minimum Gasteiger partial charge on any atom is -0.485 e. The molecule has 0 radical (unpaired) electrons. The smallest absolute Gasteiger partial charge is 0.131 e. The molecule has 0 bridgehead atoms. The van der Waals surface area contributed by atoms with Gasteiger partial charge in [0.1, 0.15) is 11.4 Å². The molecule has 1 aliphatic rings. The summed E-state index contributed by atoms with van der Waals surface area (Å²) in [6.45, 7) is 8.08. The Hall–Kier alpha value is -1.46. The number of benzene rings is 1. The van der Waals surface area contributed by atoms with E-state index in [0.29, 0.717) is 0 Å².